The standard InChI is InChI=1S/C31H54O3/c1-21(2)8-7-9-22(3)26-12-13-27-25-11-10-23-20-24(34-19-16-29(32)33-6)14-17-30(23,4)28(25)15-18-31(26,27)5/h21-28H,7-20H2,1-6H3. The summed E-state index contributed by atoms with van der Waals surface area (Å²) in [6.07, 6.45) is 17.5. The minimum Gasteiger partial charge on any atom is -0.469 e. The fourth-order valence-electron chi connectivity index (χ4n) is 9.81. The Morgan fingerprint density at radius 3 is 2.38 bits per heavy atom. The molecule has 0 N–H and O–H groups in total. The highest BCUT2D eigenvalue weighted by atomic mass is 16.5. The molecule has 0 radical (unpaired) electrons. The van der Waals surface area contributed by atoms with E-state index in [1.807, 2.05) is 0 Å². The van der Waals surface area contributed by atoms with Crippen LogP contribution in [0.2, 0.25) is 0 Å². The van der Waals surface area contributed by atoms with Gasteiger partial charge in [0.1, 0.15) is 0 Å². The van der Waals surface area contributed by atoms with E-state index in [0.29, 0.717) is 30.0 Å². The quantitative estimate of drug-likeness (QED) is 0.317. The highest BCUT2D eigenvalue weighted by molar-refractivity contribution is 5.69. The maximum Gasteiger partial charge on any atom is 0.307 e. The van der Waals surface area contributed by atoms with Crippen LogP contribution in [0.15, 0.2) is 0 Å². The summed E-state index contributed by atoms with van der Waals surface area (Å²) >= 11 is 0. The molecule has 4 rings (SSSR count). The lowest BCUT2D eigenvalue weighted by atomic mass is 9.44. The first kappa shape index (κ1) is 26.5. The van der Waals surface area contributed by atoms with Crippen molar-refractivity contribution in [3.05, 3.63) is 0 Å². The molecule has 9 atom stereocenters. The predicted octanol–water partition coefficient (Wildman–Crippen LogP) is 8.06. The number of hydrogen-bond donors (Lipinski definition) is 0. The summed E-state index contributed by atoms with van der Waals surface area (Å²) in [5, 5.41) is 0. The first-order chi connectivity index (χ1) is 16.2. The van der Waals surface area contributed by atoms with Crippen molar-refractivity contribution in [2.75, 3.05) is 13.7 Å². The number of esters is 1. The van der Waals surface area contributed by atoms with Gasteiger partial charge in [-0.05, 0) is 110 Å². The van der Waals surface area contributed by atoms with Crippen molar-refractivity contribution in [3.8, 4) is 0 Å². The second-order valence-electron chi connectivity index (χ2n) is 13.8. The van der Waals surface area contributed by atoms with Crippen LogP contribution in [0.3, 0.4) is 0 Å². The van der Waals surface area contributed by atoms with Gasteiger partial charge in [-0.1, -0.05) is 53.9 Å². The third kappa shape index (κ3) is 5.12. The van der Waals surface area contributed by atoms with Crippen LogP contribution >= 0.6 is 0 Å². The number of hydrogen-bond acceptors (Lipinski definition) is 3. The summed E-state index contributed by atoms with van der Waals surface area (Å²) < 4.78 is 10.9. The minimum absolute atomic E-state index is 0.157. The van der Waals surface area contributed by atoms with Crippen molar-refractivity contribution < 1.29 is 14.3 Å². The van der Waals surface area contributed by atoms with Gasteiger partial charge >= 0.3 is 5.97 Å². The van der Waals surface area contributed by atoms with Gasteiger partial charge in [-0.15, -0.1) is 0 Å². The monoisotopic (exact) mass is 474 g/mol. The molecule has 196 valence electrons. The van der Waals surface area contributed by atoms with E-state index in [-0.39, 0.29) is 5.97 Å². The number of carbonyl (C=O) groups is 1. The Labute approximate surface area is 210 Å². The Hall–Kier alpha value is -0.570. The molecule has 0 saturated heterocycles. The number of methoxy groups -OCH3 is 1. The zero-order chi connectivity index (χ0) is 24.5. The first-order valence-corrected chi connectivity index (χ1v) is 14.9. The third-order valence-corrected chi connectivity index (χ3v) is 11.7. The van der Waals surface area contributed by atoms with E-state index in [2.05, 4.69) is 34.6 Å². The molecule has 34 heavy (non-hydrogen) atoms. The largest absolute Gasteiger partial charge is 0.469 e. The van der Waals surface area contributed by atoms with Crippen molar-refractivity contribution >= 4 is 5.97 Å². The molecule has 0 aromatic rings. The highest BCUT2D eigenvalue weighted by Gasteiger charge is 2.60. The molecule has 4 saturated carbocycles. The molecule has 0 aromatic heterocycles. The van der Waals surface area contributed by atoms with Gasteiger partial charge in [0, 0.05) is 0 Å². The maximum atomic E-state index is 11.4. The van der Waals surface area contributed by atoms with Gasteiger partial charge in [-0.2, -0.15) is 0 Å². The van der Waals surface area contributed by atoms with E-state index in [0.717, 1.165) is 41.4 Å². The summed E-state index contributed by atoms with van der Waals surface area (Å²) in [4.78, 5) is 11.4. The molecule has 3 heteroatoms. The van der Waals surface area contributed by atoms with Crippen LogP contribution in [0.25, 0.3) is 0 Å². The Morgan fingerprint density at radius 1 is 0.912 bits per heavy atom. The molecule has 0 spiro atoms. The number of fused-ring (bicyclic) bond motifs is 5. The number of rotatable bonds is 9. The molecule has 4 aliphatic rings. The minimum atomic E-state index is -0.157. The topological polar surface area (TPSA) is 35.5 Å². The number of ether oxygens (including phenoxy) is 2. The summed E-state index contributed by atoms with van der Waals surface area (Å²) in [5.74, 6) is 6.21. The average Bonchev–Trinajstić information content (AvgIpc) is 3.16. The van der Waals surface area contributed by atoms with Gasteiger partial charge in [0.15, 0.2) is 0 Å². The molecule has 0 amide bonds. The average molecular weight is 475 g/mol. The fourth-order valence-corrected chi connectivity index (χ4v) is 9.81. The normalized spacial score (nSPS) is 42.6. The van der Waals surface area contributed by atoms with E-state index in [1.165, 1.54) is 84.2 Å². The van der Waals surface area contributed by atoms with Crippen molar-refractivity contribution in [1.82, 2.24) is 0 Å². The smallest absolute Gasteiger partial charge is 0.307 e. The maximum absolute atomic E-state index is 11.4. The van der Waals surface area contributed by atoms with Gasteiger partial charge < -0.3 is 9.47 Å². The highest BCUT2D eigenvalue weighted by Crippen LogP contribution is 2.68. The molecule has 4 aliphatic carbocycles. The molecule has 0 bridgehead atoms. The summed E-state index contributed by atoms with van der Waals surface area (Å²) in [5.41, 5.74) is 1.10. The molecule has 3 nitrogen and oxygen atoms in total. The fraction of sp³-hybridized carbons (Fsp3) is 0.968. The van der Waals surface area contributed by atoms with Gasteiger partial charge in [-0.25, -0.2) is 0 Å². The van der Waals surface area contributed by atoms with Crippen molar-refractivity contribution in [3.63, 3.8) is 0 Å². The van der Waals surface area contributed by atoms with Gasteiger partial charge in [0.25, 0.3) is 0 Å². The zero-order valence-corrected chi connectivity index (χ0v) is 23.2. The lowest BCUT2D eigenvalue weighted by Crippen LogP contribution is -2.54. The molecule has 0 aromatic carbocycles. The van der Waals surface area contributed by atoms with E-state index in [9.17, 15) is 4.79 Å². The van der Waals surface area contributed by atoms with Crippen LogP contribution in [0, 0.1) is 52.3 Å². The number of carbonyl (C=O) groups excluding carboxylic acids is 1. The Bertz CT molecular complexity index is 688. The van der Waals surface area contributed by atoms with E-state index >= 15 is 0 Å². The molecule has 0 heterocycles. The van der Waals surface area contributed by atoms with E-state index in [1.54, 1.807) is 0 Å². The van der Waals surface area contributed by atoms with E-state index < -0.39 is 0 Å². The van der Waals surface area contributed by atoms with Crippen molar-refractivity contribution in [2.24, 2.45) is 52.3 Å². The van der Waals surface area contributed by atoms with Crippen molar-refractivity contribution in [2.45, 2.75) is 124 Å². The van der Waals surface area contributed by atoms with Crippen LogP contribution in [0.4, 0.5) is 0 Å². The van der Waals surface area contributed by atoms with Crippen LogP contribution < -0.4 is 0 Å². The SMILES string of the molecule is COC(=O)CCOC1CCC2(C)C(CCC3C2CCC2(C)C(C(C)CCCC(C)C)CCC32)C1. The predicted molar refractivity (Wildman–Crippen MR) is 139 cm³/mol. The Balaban J connectivity index is 1.36. The first-order valence-electron chi connectivity index (χ1n) is 14.9. The zero-order valence-electron chi connectivity index (χ0n) is 23.2. The third-order valence-electron chi connectivity index (χ3n) is 11.7. The molecular weight excluding hydrogens is 420 g/mol. The molecule has 9 unspecified atom stereocenters. The van der Waals surface area contributed by atoms with Gasteiger partial charge in [-0.3, -0.25) is 4.79 Å². The van der Waals surface area contributed by atoms with E-state index in [4.69, 9.17) is 9.47 Å². The van der Waals surface area contributed by atoms with Crippen molar-refractivity contribution in [1.29, 1.82) is 0 Å². The summed E-state index contributed by atoms with van der Waals surface area (Å²) in [6.45, 7) is 13.2. The second kappa shape index (κ2) is 10.8. The van der Waals surface area contributed by atoms with Crippen LogP contribution in [-0.4, -0.2) is 25.8 Å². The molecule has 0 aliphatic heterocycles. The second-order valence-corrected chi connectivity index (χ2v) is 13.8. The van der Waals surface area contributed by atoms with Crippen LogP contribution in [0.1, 0.15) is 118 Å². The lowest BCUT2D eigenvalue weighted by molar-refractivity contribution is -0.146. The Kier molecular flexibility index (Phi) is 8.43. The van der Waals surface area contributed by atoms with Crippen LogP contribution in [0.5, 0.6) is 0 Å². The molecule has 4 fully saturated rings. The summed E-state index contributed by atoms with van der Waals surface area (Å²) in [6, 6.07) is 0. The van der Waals surface area contributed by atoms with Crippen LogP contribution in [-0.2, 0) is 14.3 Å². The van der Waals surface area contributed by atoms with Gasteiger partial charge in [0.2, 0.25) is 0 Å². The summed E-state index contributed by atoms with van der Waals surface area (Å²) in [7, 11) is 1.46. The lowest BCUT2D eigenvalue weighted by Gasteiger charge is -2.61. The molecular formula is C31H54O3. The van der Waals surface area contributed by atoms with Gasteiger partial charge in [0.05, 0.1) is 26.2 Å². The Morgan fingerprint density at radius 2 is 1.65 bits per heavy atom.